The maximum absolute atomic E-state index is 11.0. The first kappa shape index (κ1) is 34.5. The minimum absolute atomic E-state index is 0.0101. The molecule has 0 fully saturated rings. The third-order valence-corrected chi connectivity index (χ3v) is 14.2. The van der Waals surface area contributed by atoms with E-state index in [1.54, 1.807) is 0 Å². The second-order valence-corrected chi connectivity index (χ2v) is 19.6. The summed E-state index contributed by atoms with van der Waals surface area (Å²) in [5, 5.41) is 17.2. The summed E-state index contributed by atoms with van der Waals surface area (Å²) in [7, 11) is 0. The van der Waals surface area contributed by atoms with Gasteiger partial charge in [0.1, 0.15) is 6.07 Å². The molecule has 0 bridgehead atoms. The third kappa shape index (κ3) is 4.60. The second-order valence-electron chi connectivity index (χ2n) is 18.5. The van der Waals surface area contributed by atoms with Gasteiger partial charge in [0.2, 0.25) is 0 Å². The quantitative estimate of drug-likeness (QED) is 0.164. The van der Waals surface area contributed by atoms with Crippen LogP contribution in [0.15, 0.2) is 140 Å². The van der Waals surface area contributed by atoms with Crippen LogP contribution in [-0.2, 0) is 10.8 Å². The Morgan fingerprint density at radius 1 is 0.559 bits per heavy atom. The predicted octanol–water partition coefficient (Wildman–Crippen LogP) is 12.2. The minimum atomic E-state index is -0.0557. The van der Waals surface area contributed by atoms with E-state index in [2.05, 4.69) is 201 Å². The van der Waals surface area contributed by atoms with E-state index in [0.29, 0.717) is 5.56 Å². The van der Waals surface area contributed by atoms with Gasteiger partial charge in [-0.2, -0.15) is 5.26 Å². The van der Waals surface area contributed by atoms with Crippen molar-refractivity contribution in [1.82, 2.24) is 9.13 Å². The number of nitrogens with zero attached hydrogens (tertiary/aromatic N) is 4. The van der Waals surface area contributed by atoms with Crippen LogP contribution in [0, 0.1) is 11.3 Å². The van der Waals surface area contributed by atoms with E-state index in [4.69, 9.17) is 0 Å². The van der Waals surface area contributed by atoms with Crippen molar-refractivity contribution in [2.75, 3.05) is 4.90 Å². The van der Waals surface area contributed by atoms with Gasteiger partial charge < -0.3 is 14.0 Å². The zero-order valence-electron chi connectivity index (χ0n) is 34.1. The highest BCUT2D eigenvalue weighted by Gasteiger charge is 2.45. The van der Waals surface area contributed by atoms with E-state index in [-0.39, 0.29) is 17.5 Å². The zero-order chi connectivity index (χ0) is 40.1. The monoisotopic (exact) mass is 776 g/mol. The van der Waals surface area contributed by atoms with Crippen LogP contribution < -0.4 is 20.6 Å². The molecule has 3 aromatic heterocycles. The van der Waals surface area contributed by atoms with Gasteiger partial charge in [0.05, 0.1) is 33.5 Å². The molecule has 10 aromatic rings. The molecule has 282 valence electrons. The lowest BCUT2D eigenvalue weighted by Gasteiger charge is -2.39. The van der Waals surface area contributed by atoms with Crippen LogP contribution in [-0.4, -0.2) is 15.8 Å². The van der Waals surface area contributed by atoms with Crippen molar-refractivity contribution in [3.8, 4) is 17.4 Å². The van der Waals surface area contributed by atoms with Gasteiger partial charge in [-0.25, -0.2) is 0 Å². The molecular formula is C53H41BN4S. The van der Waals surface area contributed by atoms with E-state index in [9.17, 15) is 5.26 Å². The summed E-state index contributed by atoms with van der Waals surface area (Å²) in [6.07, 6.45) is 0. The highest BCUT2D eigenvalue weighted by molar-refractivity contribution is 7.33. The number of thiophene rings is 1. The number of anilines is 3. The summed E-state index contributed by atoms with van der Waals surface area (Å²) in [6, 6.07) is 54.2. The fraction of sp³-hybridized carbons (Fsp3) is 0.151. The summed E-state index contributed by atoms with van der Waals surface area (Å²) >= 11 is 1.92. The van der Waals surface area contributed by atoms with E-state index < -0.39 is 0 Å². The largest absolute Gasteiger partial charge is 0.310 e. The average molecular weight is 777 g/mol. The van der Waals surface area contributed by atoms with Crippen LogP contribution in [0.4, 0.5) is 17.1 Å². The van der Waals surface area contributed by atoms with Crippen LogP contribution in [0.3, 0.4) is 0 Å². The number of benzene rings is 7. The molecular weight excluding hydrogens is 735 g/mol. The van der Waals surface area contributed by atoms with Gasteiger partial charge in [0.15, 0.2) is 0 Å². The molecule has 2 aliphatic rings. The first-order chi connectivity index (χ1) is 28.5. The Bertz CT molecular complexity index is 3470. The Labute approximate surface area is 348 Å². The molecule has 5 heterocycles. The third-order valence-electron chi connectivity index (χ3n) is 13.0. The molecule has 0 unspecified atom stereocenters. The lowest BCUT2D eigenvalue weighted by Crippen LogP contribution is -2.59. The van der Waals surface area contributed by atoms with Crippen LogP contribution in [0.1, 0.15) is 58.2 Å². The number of fused-ring (bicyclic) bond motifs is 13. The Kier molecular flexibility index (Phi) is 6.89. The SMILES string of the molecule is CC(C)(C)c1ccc(N2c3c(C#N)ccc4c3B(c3sc5cc(C(C)(C)C)ccc5c32)c2cccc3c5c(ccc6c7ccccc7n(-c7ccccc7)c65)n-4c23)cc1. The normalized spacial score (nSPS) is 13.5. The van der Waals surface area contributed by atoms with Crippen molar-refractivity contribution in [2.24, 2.45) is 0 Å². The topological polar surface area (TPSA) is 36.9 Å². The molecule has 0 atom stereocenters. The summed E-state index contributed by atoms with van der Waals surface area (Å²) in [5.41, 5.74) is 16.1. The van der Waals surface area contributed by atoms with Gasteiger partial charge in [-0.15, -0.1) is 11.3 Å². The Balaban J connectivity index is 1.24. The maximum Gasteiger partial charge on any atom is 0.264 e. The van der Waals surface area contributed by atoms with Gasteiger partial charge in [-0.1, -0.05) is 126 Å². The van der Waals surface area contributed by atoms with Gasteiger partial charge >= 0.3 is 0 Å². The molecule has 0 saturated carbocycles. The van der Waals surface area contributed by atoms with E-state index in [0.717, 1.165) is 22.7 Å². The van der Waals surface area contributed by atoms with E-state index in [1.165, 1.54) is 86.2 Å². The molecule has 0 spiro atoms. The fourth-order valence-electron chi connectivity index (χ4n) is 10.3. The average Bonchev–Trinajstić information content (AvgIpc) is 3.90. The number of hydrogen-bond donors (Lipinski definition) is 0. The molecule has 0 saturated heterocycles. The number of nitriles is 1. The van der Waals surface area contributed by atoms with Crippen molar-refractivity contribution < 1.29 is 0 Å². The number of hydrogen-bond acceptors (Lipinski definition) is 3. The predicted molar refractivity (Wildman–Crippen MR) is 252 cm³/mol. The fourth-order valence-corrected chi connectivity index (χ4v) is 11.6. The lowest BCUT2D eigenvalue weighted by atomic mass is 9.36. The molecule has 0 amide bonds. The minimum Gasteiger partial charge on any atom is -0.310 e. The summed E-state index contributed by atoms with van der Waals surface area (Å²) < 4.78 is 7.57. The lowest BCUT2D eigenvalue weighted by molar-refractivity contribution is 0.590. The molecule has 59 heavy (non-hydrogen) atoms. The van der Waals surface area contributed by atoms with Gasteiger partial charge in [0, 0.05) is 59.0 Å². The van der Waals surface area contributed by atoms with Crippen LogP contribution in [0.25, 0.3) is 65.1 Å². The van der Waals surface area contributed by atoms with Gasteiger partial charge in [0.25, 0.3) is 6.71 Å². The molecule has 12 rings (SSSR count). The Morgan fingerprint density at radius 2 is 1.27 bits per heavy atom. The van der Waals surface area contributed by atoms with Crippen LogP contribution >= 0.6 is 11.3 Å². The standard InChI is InChI=1S/C53H41BN4S/c1-52(2,3)32-20-23-35(24-21-32)57-47-31(30-55)19-27-43-46(47)54(51-50(57)38-25-22-33(53(4,5)6)29-44(38)59-51)40-17-12-16-39-45-42(58(43)48(39)40)28-26-37-36-15-10-11-18-41(36)56(49(37)45)34-13-8-7-9-14-34/h7-29H,1-6H3. The molecule has 0 radical (unpaired) electrons. The van der Waals surface area contributed by atoms with Crippen molar-refractivity contribution >= 4 is 105 Å². The number of para-hydroxylation sites is 3. The van der Waals surface area contributed by atoms with Crippen molar-refractivity contribution in [3.05, 3.63) is 156 Å². The van der Waals surface area contributed by atoms with Crippen LogP contribution in [0.5, 0.6) is 0 Å². The first-order valence-electron chi connectivity index (χ1n) is 20.6. The molecule has 2 aliphatic heterocycles. The van der Waals surface area contributed by atoms with Gasteiger partial charge in [-0.3, -0.25) is 0 Å². The molecule has 0 N–H and O–H groups in total. The second kappa shape index (κ2) is 11.8. The van der Waals surface area contributed by atoms with Crippen molar-refractivity contribution in [3.63, 3.8) is 0 Å². The molecule has 4 nitrogen and oxygen atoms in total. The van der Waals surface area contributed by atoms with Crippen molar-refractivity contribution in [2.45, 2.75) is 52.4 Å². The molecule has 0 aliphatic carbocycles. The van der Waals surface area contributed by atoms with Crippen LogP contribution in [0.2, 0.25) is 0 Å². The van der Waals surface area contributed by atoms with E-state index >= 15 is 0 Å². The number of aromatic nitrogens is 2. The smallest absolute Gasteiger partial charge is 0.264 e. The first-order valence-corrected chi connectivity index (χ1v) is 21.4. The summed E-state index contributed by atoms with van der Waals surface area (Å²) in [6.45, 7) is 13.6. The summed E-state index contributed by atoms with van der Waals surface area (Å²) in [4.78, 5) is 2.42. The number of rotatable bonds is 2. The maximum atomic E-state index is 11.0. The molecule has 6 heteroatoms. The molecule has 7 aromatic carbocycles. The Morgan fingerprint density at radius 3 is 2.03 bits per heavy atom. The highest BCUT2D eigenvalue weighted by Crippen LogP contribution is 2.49. The zero-order valence-corrected chi connectivity index (χ0v) is 34.9. The highest BCUT2D eigenvalue weighted by atomic mass is 32.1. The Hall–Kier alpha value is -6.55. The van der Waals surface area contributed by atoms with Crippen molar-refractivity contribution in [1.29, 1.82) is 5.26 Å². The summed E-state index contributed by atoms with van der Waals surface area (Å²) in [5.74, 6) is 0. The van der Waals surface area contributed by atoms with E-state index in [1.807, 2.05) is 11.3 Å². The van der Waals surface area contributed by atoms with Gasteiger partial charge in [-0.05, 0) is 87.5 Å².